The summed E-state index contributed by atoms with van der Waals surface area (Å²) in [6.45, 7) is 5.31. The highest BCUT2D eigenvalue weighted by Gasteiger charge is 2.29. The van der Waals surface area contributed by atoms with E-state index in [2.05, 4.69) is 51.5 Å². The van der Waals surface area contributed by atoms with Crippen molar-refractivity contribution in [3.8, 4) is 5.75 Å². The number of piperazine rings is 1. The van der Waals surface area contributed by atoms with Gasteiger partial charge in [-0.3, -0.25) is 9.78 Å². The third kappa shape index (κ3) is 3.42. The number of fused-ring (bicyclic) bond motifs is 3. The van der Waals surface area contributed by atoms with Gasteiger partial charge in [0, 0.05) is 62.2 Å². The lowest BCUT2D eigenvalue weighted by molar-refractivity contribution is -0.136. The van der Waals surface area contributed by atoms with Gasteiger partial charge in [0.05, 0.1) is 29.5 Å². The van der Waals surface area contributed by atoms with Crippen LogP contribution in [0.2, 0.25) is 0 Å². The van der Waals surface area contributed by atoms with Gasteiger partial charge in [0.15, 0.2) is 0 Å². The summed E-state index contributed by atoms with van der Waals surface area (Å²) < 4.78 is 8.01. The van der Waals surface area contributed by atoms with Gasteiger partial charge >= 0.3 is 0 Å². The highest BCUT2D eigenvalue weighted by molar-refractivity contribution is 6.10. The molecule has 5 rings (SSSR count). The highest BCUT2D eigenvalue weighted by Crippen LogP contribution is 2.38. The van der Waals surface area contributed by atoms with Crippen LogP contribution in [0.1, 0.15) is 37.8 Å². The monoisotopic (exact) mass is 420 g/mol. The normalized spacial score (nSPS) is 18.2. The van der Waals surface area contributed by atoms with Crippen molar-refractivity contribution in [1.82, 2.24) is 14.5 Å². The van der Waals surface area contributed by atoms with Crippen LogP contribution in [0.15, 0.2) is 24.4 Å². The molecule has 31 heavy (non-hydrogen) atoms. The molecule has 0 bridgehead atoms. The number of amides is 1. The SMILES string of the molecule is COc1cc2c(cc1N1CCN(C(=O)C3CCCCC3)CC1)c1ccnc(C)c1n2C. The van der Waals surface area contributed by atoms with Gasteiger partial charge in [0.1, 0.15) is 5.75 Å². The second kappa shape index (κ2) is 8.06. The van der Waals surface area contributed by atoms with Gasteiger partial charge in [0.2, 0.25) is 5.91 Å². The average molecular weight is 421 g/mol. The molecule has 0 spiro atoms. The Morgan fingerprint density at radius 3 is 2.52 bits per heavy atom. The molecule has 1 aromatic carbocycles. The summed E-state index contributed by atoms with van der Waals surface area (Å²) in [5.41, 5.74) is 4.46. The van der Waals surface area contributed by atoms with Crippen molar-refractivity contribution in [1.29, 1.82) is 0 Å². The fourth-order valence-electron chi connectivity index (χ4n) is 5.56. The number of ether oxygens (including phenoxy) is 1. The molecule has 0 N–H and O–H groups in total. The first-order chi connectivity index (χ1) is 15.1. The lowest BCUT2D eigenvalue weighted by Crippen LogP contribution is -2.50. The summed E-state index contributed by atoms with van der Waals surface area (Å²) in [4.78, 5) is 21.9. The molecule has 6 nitrogen and oxygen atoms in total. The fraction of sp³-hybridized carbons (Fsp3) is 0.520. The Morgan fingerprint density at radius 2 is 1.81 bits per heavy atom. The van der Waals surface area contributed by atoms with E-state index in [-0.39, 0.29) is 5.92 Å². The zero-order valence-corrected chi connectivity index (χ0v) is 18.9. The second-order valence-corrected chi connectivity index (χ2v) is 9.04. The van der Waals surface area contributed by atoms with Crippen LogP contribution in [-0.4, -0.2) is 53.6 Å². The van der Waals surface area contributed by atoms with E-state index in [1.165, 1.54) is 35.6 Å². The van der Waals surface area contributed by atoms with Gasteiger partial charge in [-0.25, -0.2) is 0 Å². The van der Waals surface area contributed by atoms with Gasteiger partial charge in [-0.15, -0.1) is 0 Å². The minimum Gasteiger partial charge on any atom is -0.495 e. The molecule has 2 fully saturated rings. The van der Waals surface area contributed by atoms with Crippen LogP contribution >= 0.6 is 0 Å². The third-order valence-electron chi connectivity index (χ3n) is 7.28. The summed E-state index contributed by atoms with van der Waals surface area (Å²) in [5, 5.41) is 2.44. The molecule has 1 saturated heterocycles. The molecule has 1 saturated carbocycles. The molecule has 0 radical (unpaired) electrons. The van der Waals surface area contributed by atoms with Crippen LogP contribution in [0.25, 0.3) is 21.8 Å². The van der Waals surface area contributed by atoms with E-state index >= 15 is 0 Å². The largest absolute Gasteiger partial charge is 0.495 e. The first kappa shape index (κ1) is 20.2. The second-order valence-electron chi connectivity index (χ2n) is 9.04. The number of anilines is 1. The maximum atomic E-state index is 12.9. The fourth-order valence-corrected chi connectivity index (χ4v) is 5.56. The summed E-state index contributed by atoms with van der Waals surface area (Å²) in [5.74, 6) is 1.51. The summed E-state index contributed by atoms with van der Waals surface area (Å²) in [6, 6.07) is 6.50. The number of methoxy groups -OCH3 is 1. The molecule has 1 aliphatic heterocycles. The van der Waals surface area contributed by atoms with Gasteiger partial charge < -0.3 is 19.1 Å². The Labute approximate surface area is 183 Å². The first-order valence-electron chi connectivity index (χ1n) is 11.5. The van der Waals surface area contributed by atoms with E-state index in [1.54, 1.807) is 7.11 Å². The molecule has 1 amide bonds. The number of pyridine rings is 1. The molecular formula is C25H32N4O2. The van der Waals surface area contributed by atoms with E-state index in [0.29, 0.717) is 5.91 Å². The Balaban J connectivity index is 1.43. The van der Waals surface area contributed by atoms with Crippen molar-refractivity contribution in [2.45, 2.75) is 39.0 Å². The van der Waals surface area contributed by atoms with Crippen molar-refractivity contribution in [2.24, 2.45) is 13.0 Å². The van der Waals surface area contributed by atoms with E-state index in [1.807, 2.05) is 6.20 Å². The number of hydrogen-bond donors (Lipinski definition) is 0. The number of hydrogen-bond acceptors (Lipinski definition) is 4. The van der Waals surface area contributed by atoms with Gasteiger partial charge in [-0.05, 0) is 31.9 Å². The van der Waals surface area contributed by atoms with Crippen molar-refractivity contribution < 1.29 is 9.53 Å². The van der Waals surface area contributed by atoms with E-state index < -0.39 is 0 Å². The van der Waals surface area contributed by atoms with Gasteiger partial charge in [-0.1, -0.05) is 19.3 Å². The smallest absolute Gasteiger partial charge is 0.225 e. The Hall–Kier alpha value is -2.76. The molecule has 3 aromatic rings. The number of aromatic nitrogens is 2. The summed E-state index contributed by atoms with van der Waals surface area (Å²) in [6.07, 6.45) is 7.71. The number of carbonyl (C=O) groups is 1. The summed E-state index contributed by atoms with van der Waals surface area (Å²) in [7, 11) is 3.83. The lowest BCUT2D eigenvalue weighted by atomic mass is 9.88. The summed E-state index contributed by atoms with van der Waals surface area (Å²) >= 11 is 0. The molecule has 164 valence electrons. The van der Waals surface area contributed by atoms with Crippen LogP contribution in [0.4, 0.5) is 5.69 Å². The van der Waals surface area contributed by atoms with E-state index in [9.17, 15) is 4.79 Å². The van der Waals surface area contributed by atoms with Crippen LogP contribution in [0.3, 0.4) is 0 Å². The van der Waals surface area contributed by atoms with Crippen molar-refractivity contribution in [2.75, 3.05) is 38.2 Å². The molecule has 1 aliphatic carbocycles. The third-order valence-corrected chi connectivity index (χ3v) is 7.28. The van der Waals surface area contributed by atoms with Gasteiger partial charge in [0.25, 0.3) is 0 Å². The van der Waals surface area contributed by atoms with E-state index in [0.717, 1.165) is 61.7 Å². The highest BCUT2D eigenvalue weighted by atomic mass is 16.5. The van der Waals surface area contributed by atoms with Crippen molar-refractivity contribution >= 4 is 33.4 Å². The molecule has 6 heteroatoms. The molecule has 2 aromatic heterocycles. The minimum atomic E-state index is 0.249. The molecule has 2 aliphatic rings. The standard InChI is InChI=1S/C25H32N4O2/c1-17-24-19(9-10-26-17)20-15-22(23(31-3)16-21(20)27(24)2)28-11-13-29(14-12-28)25(30)18-7-5-4-6-8-18/h9-10,15-16,18H,4-8,11-14H2,1-3H3. The predicted molar refractivity (Wildman–Crippen MR) is 125 cm³/mol. The zero-order valence-electron chi connectivity index (χ0n) is 18.9. The zero-order chi connectivity index (χ0) is 21.5. The molecular weight excluding hydrogens is 388 g/mol. The molecule has 0 atom stereocenters. The maximum absolute atomic E-state index is 12.9. The molecule has 0 unspecified atom stereocenters. The quantitative estimate of drug-likeness (QED) is 0.635. The van der Waals surface area contributed by atoms with Crippen LogP contribution in [0, 0.1) is 12.8 Å². The Kier molecular flexibility index (Phi) is 5.24. The van der Waals surface area contributed by atoms with Crippen molar-refractivity contribution in [3.63, 3.8) is 0 Å². The Morgan fingerprint density at radius 1 is 1.06 bits per heavy atom. The lowest BCUT2D eigenvalue weighted by Gasteiger charge is -2.38. The average Bonchev–Trinajstić information content (AvgIpc) is 3.10. The predicted octanol–water partition coefficient (Wildman–Crippen LogP) is 4.27. The number of rotatable bonds is 3. The number of nitrogens with zero attached hydrogens (tertiary/aromatic N) is 4. The van der Waals surface area contributed by atoms with Gasteiger partial charge in [-0.2, -0.15) is 0 Å². The minimum absolute atomic E-state index is 0.249. The number of carbonyl (C=O) groups excluding carboxylic acids is 1. The van der Waals surface area contributed by atoms with Crippen molar-refractivity contribution in [3.05, 3.63) is 30.1 Å². The number of aryl methyl sites for hydroxylation is 2. The number of benzene rings is 1. The van der Waals surface area contributed by atoms with Crippen LogP contribution in [0.5, 0.6) is 5.75 Å². The first-order valence-corrected chi connectivity index (χ1v) is 11.5. The topological polar surface area (TPSA) is 50.6 Å². The van der Waals surface area contributed by atoms with Crippen LogP contribution in [-0.2, 0) is 11.8 Å². The van der Waals surface area contributed by atoms with Crippen LogP contribution < -0.4 is 9.64 Å². The molecule has 3 heterocycles. The maximum Gasteiger partial charge on any atom is 0.225 e. The van der Waals surface area contributed by atoms with E-state index in [4.69, 9.17) is 4.74 Å². The Bertz CT molecular complexity index is 1120.